The molecule has 0 aliphatic heterocycles. The van der Waals surface area contributed by atoms with Crippen LogP contribution in [0.5, 0.6) is 5.75 Å². The van der Waals surface area contributed by atoms with Gasteiger partial charge in [-0.15, -0.1) is 0 Å². The molecule has 0 saturated heterocycles. The molecule has 9 heteroatoms. The summed E-state index contributed by atoms with van der Waals surface area (Å²) in [6.07, 6.45) is 0. The maximum absolute atomic E-state index is 13.3. The van der Waals surface area contributed by atoms with Crippen molar-refractivity contribution in [2.24, 2.45) is 0 Å². The number of aryl methyl sites for hydroxylation is 1. The van der Waals surface area contributed by atoms with Crippen LogP contribution in [0.1, 0.15) is 32.0 Å². The minimum atomic E-state index is -0.542. The minimum Gasteiger partial charge on any atom is -0.496 e. The van der Waals surface area contributed by atoms with E-state index in [4.69, 9.17) is 14.0 Å². The highest BCUT2D eigenvalue weighted by molar-refractivity contribution is 6.07. The molecule has 2 aromatic heterocycles. The third-order valence-corrected chi connectivity index (χ3v) is 5.12. The lowest BCUT2D eigenvalue weighted by Gasteiger charge is -2.11. The Kier molecular flexibility index (Phi) is 6.03. The summed E-state index contributed by atoms with van der Waals surface area (Å²) in [4.78, 5) is 29.6. The molecule has 4 rings (SSSR count). The van der Waals surface area contributed by atoms with E-state index in [-0.39, 0.29) is 29.5 Å². The van der Waals surface area contributed by atoms with Crippen molar-refractivity contribution < 1.29 is 28.0 Å². The Morgan fingerprint density at radius 2 is 1.82 bits per heavy atom. The maximum Gasteiger partial charge on any atom is 0.341 e. The van der Waals surface area contributed by atoms with Crippen LogP contribution >= 0.6 is 0 Å². The van der Waals surface area contributed by atoms with Crippen molar-refractivity contribution in [3.63, 3.8) is 0 Å². The van der Waals surface area contributed by atoms with Gasteiger partial charge in [0.1, 0.15) is 17.1 Å². The molecule has 1 amide bonds. The van der Waals surface area contributed by atoms with Crippen LogP contribution in [-0.4, -0.2) is 36.2 Å². The van der Waals surface area contributed by atoms with E-state index in [9.17, 15) is 14.0 Å². The van der Waals surface area contributed by atoms with E-state index in [0.717, 1.165) is 0 Å². The number of hydrogen-bond acceptors (Lipinski definition) is 7. The van der Waals surface area contributed by atoms with Crippen LogP contribution in [0, 0.1) is 12.7 Å². The lowest BCUT2D eigenvalue weighted by molar-refractivity contribution is 0.0597. The van der Waals surface area contributed by atoms with E-state index >= 15 is 0 Å². The summed E-state index contributed by atoms with van der Waals surface area (Å²) in [5.41, 5.74) is 3.05. The lowest BCUT2D eigenvalue weighted by Crippen LogP contribution is -2.23. The zero-order valence-electron chi connectivity index (χ0n) is 18.1. The summed E-state index contributed by atoms with van der Waals surface area (Å²) >= 11 is 0. The summed E-state index contributed by atoms with van der Waals surface area (Å²) in [5, 5.41) is 7.26. The first-order valence-corrected chi connectivity index (χ1v) is 9.97. The molecule has 1 N–H and O–H groups in total. The first-order valence-electron chi connectivity index (χ1n) is 9.97. The number of benzene rings is 2. The molecule has 0 bridgehead atoms. The Balaban J connectivity index is 1.65. The highest BCUT2D eigenvalue weighted by Gasteiger charge is 2.20. The number of methoxy groups -OCH3 is 2. The van der Waals surface area contributed by atoms with E-state index < -0.39 is 5.97 Å². The van der Waals surface area contributed by atoms with Gasteiger partial charge in [0, 0.05) is 12.1 Å². The van der Waals surface area contributed by atoms with E-state index in [1.807, 2.05) is 0 Å². The Bertz CT molecular complexity index is 1350. The van der Waals surface area contributed by atoms with Gasteiger partial charge in [0.05, 0.1) is 36.6 Å². The second-order valence-corrected chi connectivity index (χ2v) is 7.22. The topological polar surface area (TPSA) is 104 Å². The molecule has 0 aliphatic carbocycles. The molecule has 168 valence electrons. The molecular weight excluding hydrogens is 429 g/mol. The monoisotopic (exact) mass is 449 g/mol. The highest BCUT2D eigenvalue weighted by Crippen LogP contribution is 2.27. The second-order valence-electron chi connectivity index (χ2n) is 7.22. The zero-order chi connectivity index (χ0) is 23.5. The molecule has 0 fully saturated rings. The largest absolute Gasteiger partial charge is 0.496 e. The van der Waals surface area contributed by atoms with Gasteiger partial charge in [-0.1, -0.05) is 11.2 Å². The first kappa shape index (κ1) is 21.9. The van der Waals surface area contributed by atoms with Crippen molar-refractivity contribution in [2.45, 2.75) is 13.5 Å². The number of amides is 1. The molecule has 0 radical (unpaired) electrons. The second kappa shape index (κ2) is 9.07. The number of fused-ring (bicyclic) bond motifs is 1. The standard InChI is InChI=1S/C24H20FN3O5/c1-13-21-18(11-19(27-23(21)33-28-13)15-5-7-16(25)8-6-15)22(29)26-12-14-4-9-20(31-2)17(10-14)24(30)32-3/h4-11H,12H2,1-3H3,(H,26,29). The molecule has 0 unspecified atom stereocenters. The summed E-state index contributed by atoms with van der Waals surface area (Å²) in [6.45, 7) is 1.86. The number of carbonyl (C=O) groups is 2. The Hall–Kier alpha value is -4.27. The molecular formula is C24H20FN3O5. The molecule has 33 heavy (non-hydrogen) atoms. The van der Waals surface area contributed by atoms with Gasteiger partial charge in [-0.25, -0.2) is 14.2 Å². The summed E-state index contributed by atoms with van der Waals surface area (Å²) in [5.74, 6) is -0.927. The third kappa shape index (κ3) is 4.38. The average Bonchev–Trinajstić information content (AvgIpc) is 3.22. The van der Waals surface area contributed by atoms with Gasteiger partial charge in [-0.3, -0.25) is 4.79 Å². The van der Waals surface area contributed by atoms with Gasteiger partial charge in [0.2, 0.25) is 0 Å². The number of pyridine rings is 1. The third-order valence-electron chi connectivity index (χ3n) is 5.12. The van der Waals surface area contributed by atoms with E-state index in [2.05, 4.69) is 15.5 Å². The maximum atomic E-state index is 13.3. The van der Waals surface area contributed by atoms with Crippen molar-refractivity contribution in [3.05, 3.63) is 76.7 Å². The molecule has 0 saturated carbocycles. The lowest BCUT2D eigenvalue weighted by atomic mass is 10.0. The smallest absolute Gasteiger partial charge is 0.341 e. The van der Waals surface area contributed by atoms with Crippen LogP contribution in [0.2, 0.25) is 0 Å². The molecule has 4 aromatic rings. The van der Waals surface area contributed by atoms with E-state index in [0.29, 0.717) is 39.2 Å². The highest BCUT2D eigenvalue weighted by atomic mass is 19.1. The van der Waals surface area contributed by atoms with Crippen molar-refractivity contribution in [2.75, 3.05) is 14.2 Å². The number of aromatic nitrogens is 2. The fraction of sp³-hybridized carbons (Fsp3) is 0.167. The van der Waals surface area contributed by atoms with Crippen molar-refractivity contribution in [3.8, 4) is 17.0 Å². The molecule has 0 spiro atoms. The number of rotatable bonds is 6. The predicted octanol–water partition coefficient (Wildman–Crippen LogP) is 4.06. The van der Waals surface area contributed by atoms with Crippen molar-refractivity contribution in [1.29, 1.82) is 0 Å². The van der Waals surface area contributed by atoms with Crippen LogP contribution in [0.3, 0.4) is 0 Å². The van der Waals surface area contributed by atoms with Gasteiger partial charge in [-0.2, -0.15) is 0 Å². The van der Waals surface area contributed by atoms with E-state index in [1.165, 1.54) is 26.4 Å². The number of nitrogens with one attached hydrogen (secondary N) is 1. The van der Waals surface area contributed by atoms with Gasteiger partial charge in [-0.05, 0) is 55.0 Å². The number of hydrogen-bond donors (Lipinski definition) is 1. The van der Waals surface area contributed by atoms with Gasteiger partial charge >= 0.3 is 5.97 Å². The quantitative estimate of drug-likeness (QED) is 0.443. The molecule has 2 heterocycles. The van der Waals surface area contributed by atoms with Crippen LogP contribution in [0.4, 0.5) is 4.39 Å². The fourth-order valence-corrected chi connectivity index (χ4v) is 3.45. The van der Waals surface area contributed by atoms with Gasteiger partial charge < -0.3 is 19.3 Å². The molecule has 2 aromatic carbocycles. The van der Waals surface area contributed by atoms with Crippen LogP contribution in [0.15, 0.2) is 53.1 Å². The molecule has 0 aliphatic rings. The van der Waals surface area contributed by atoms with Crippen LogP contribution in [0.25, 0.3) is 22.4 Å². The number of carbonyl (C=O) groups excluding carboxylic acids is 2. The number of ether oxygens (including phenoxy) is 2. The number of nitrogens with zero attached hydrogens (tertiary/aromatic N) is 2. The molecule has 8 nitrogen and oxygen atoms in total. The molecule has 0 atom stereocenters. The minimum absolute atomic E-state index is 0.146. The summed E-state index contributed by atoms with van der Waals surface area (Å²) in [6, 6.07) is 12.4. The summed E-state index contributed by atoms with van der Waals surface area (Å²) in [7, 11) is 2.74. The normalized spacial score (nSPS) is 10.8. The Morgan fingerprint density at radius 3 is 2.52 bits per heavy atom. The van der Waals surface area contributed by atoms with Gasteiger partial charge in [0.25, 0.3) is 11.6 Å². The van der Waals surface area contributed by atoms with Crippen LogP contribution < -0.4 is 10.1 Å². The first-order chi connectivity index (χ1) is 15.9. The number of halogens is 1. The Morgan fingerprint density at radius 1 is 1.06 bits per heavy atom. The Labute approximate surface area is 188 Å². The SMILES string of the molecule is COC(=O)c1cc(CNC(=O)c2cc(-c3ccc(F)cc3)nc3onc(C)c23)ccc1OC. The van der Waals surface area contributed by atoms with Crippen LogP contribution in [-0.2, 0) is 11.3 Å². The van der Waals surface area contributed by atoms with E-state index in [1.54, 1.807) is 43.3 Å². The van der Waals surface area contributed by atoms with Gasteiger partial charge in [0.15, 0.2) is 0 Å². The predicted molar refractivity (Wildman–Crippen MR) is 117 cm³/mol. The van der Waals surface area contributed by atoms with Crippen molar-refractivity contribution in [1.82, 2.24) is 15.5 Å². The zero-order valence-corrected chi connectivity index (χ0v) is 18.1. The fourth-order valence-electron chi connectivity index (χ4n) is 3.45. The number of esters is 1. The van der Waals surface area contributed by atoms with Crippen molar-refractivity contribution >= 4 is 23.0 Å². The average molecular weight is 449 g/mol. The summed E-state index contributed by atoms with van der Waals surface area (Å²) < 4.78 is 28.6.